The number of carbonyl (C=O) groups is 2. The molecule has 3 aromatic carbocycles. The maximum Gasteiger partial charge on any atom is 0.335 e. The molecule has 2 heterocycles. The van der Waals surface area contributed by atoms with E-state index in [2.05, 4.69) is 27.8 Å². The van der Waals surface area contributed by atoms with E-state index >= 15 is 0 Å². The number of thioether (sulfide) groups is 1. The van der Waals surface area contributed by atoms with E-state index in [1.165, 1.54) is 23.9 Å². The summed E-state index contributed by atoms with van der Waals surface area (Å²) >= 11 is 1.51. The van der Waals surface area contributed by atoms with Crippen LogP contribution in [-0.4, -0.2) is 31.7 Å². The number of nitrogens with zero attached hydrogens (tertiary/aromatic N) is 3. The molecule has 1 aliphatic heterocycles. The molecule has 0 unspecified atom stereocenters. The Morgan fingerprint density at radius 2 is 1.76 bits per heavy atom. The Hall–Kier alpha value is -4.37. The molecule has 1 amide bonds. The average molecular weight is 526 g/mol. The predicted molar refractivity (Wildman–Crippen MR) is 148 cm³/mol. The third-order valence-corrected chi connectivity index (χ3v) is 7.30. The molecule has 0 spiro atoms. The van der Waals surface area contributed by atoms with Gasteiger partial charge in [0.25, 0.3) is 5.91 Å². The van der Waals surface area contributed by atoms with Crippen LogP contribution in [-0.2, 0) is 10.5 Å². The van der Waals surface area contributed by atoms with Crippen LogP contribution in [0, 0.1) is 13.8 Å². The molecule has 0 aliphatic carbocycles. The van der Waals surface area contributed by atoms with E-state index in [-0.39, 0.29) is 11.5 Å². The number of amides is 1. The van der Waals surface area contributed by atoms with Gasteiger partial charge in [-0.1, -0.05) is 71.9 Å². The van der Waals surface area contributed by atoms with Crippen LogP contribution in [0.15, 0.2) is 89.2 Å². The summed E-state index contributed by atoms with van der Waals surface area (Å²) in [4.78, 5) is 29.9. The zero-order chi connectivity index (χ0) is 26.8. The lowest BCUT2D eigenvalue weighted by Crippen LogP contribution is -2.31. The van der Waals surface area contributed by atoms with Crippen molar-refractivity contribution in [2.24, 2.45) is 0 Å². The first kappa shape index (κ1) is 25.3. The van der Waals surface area contributed by atoms with Gasteiger partial charge in [-0.2, -0.15) is 4.98 Å². The predicted octanol–water partition coefficient (Wildman–Crippen LogP) is 5.81. The molecule has 0 saturated heterocycles. The molecule has 9 heteroatoms. The number of carboxylic acid groups (broad SMARTS) is 1. The minimum atomic E-state index is -1.01. The monoisotopic (exact) mass is 525 g/mol. The van der Waals surface area contributed by atoms with Crippen molar-refractivity contribution in [1.29, 1.82) is 0 Å². The third kappa shape index (κ3) is 5.19. The van der Waals surface area contributed by atoms with Crippen LogP contribution in [0.1, 0.15) is 45.6 Å². The largest absolute Gasteiger partial charge is 0.478 e. The normalized spacial score (nSPS) is 14.6. The van der Waals surface area contributed by atoms with Crippen LogP contribution in [0.4, 0.5) is 11.6 Å². The van der Waals surface area contributed by atoms with Crippen molar-refractivity contribution in [3.63, 3.8) is 0 Å². The highest BCUT2D eigenvalue weighted by Crippen LogP contribution is 2.37. The lowest BCUT2D eigenvalue weighted by atomic mass is 9.94. The minimum absolute atomic E-state index is 0.169. The molecule has 1 aliphatic rings. The maximum absolute atomic E-state index is 13.7. The number of carboxylic acids is 1. The van der Waals surface area contributed by atoms with Gasteiger partial charge >= 0.3 is 5.97 Å². The summed E-state index contributed by atoms with van der Waals surface area (Å²) < 4.78 is 1.70. The summed E-state index contributed by atoms with van der Waals surface area (Å²) in [6, 6.07) is 21.9. The molecule has 0 saturated carbocycles. The number of aromatic nitrogens is 3. The van der Waals surface area contributed by atoms with Gasteiger partial charge in [0.15, 0.2) is 0 Å². The zero-order valence-electron chi connectivity index (χ0n) is 21.2. The fraction of sp³-hybridized carbons (Fsp3) is 0.172. The Morgan fingerprint density at radius 1 is 1.03 bits per heavy atom. The van der Waals surface area contributed by atoms with Crippen molar-refractivity contribution >= 4 is 35.3 Å². The van der Waals surface area contributed by atoms with Gasteiger partial charge in [0.2, 0.25) is 11.1 Å². The van der Waals surface area contributed by atoms with Crippen LogP contribution in [0.3, 0.4) is 0 Å². The average Bonchev–Trinajstić information content (AvgIpc) is 3.31. The molecule has 192 valence electrons. The quantitative estimate of drug-likeness (QED) is 0.261. The zero-order valence-corrected chi connectivity index (χ0v) is 22.0. The Labute approximate surface area is 224 Å². The van der Waals surface area contributed by atoms with Crippen molar-refractivity contribution in [3.8, 4) is 0 Å². The van der Waals surface area contributed by atoms with Crippen LogP contribution in [0.25, 0.3) is 0 Å². The highest BCUT2D eigenvalue weighted by Gasteiger charge is 2.34. The molecule has 0 bridgehead atoms. The number of anilines is 2. The van der Waals surface area contributed by atoms with Crippen LogP contribution < -0.4 is 10.6 Å². The Bertz CT molecular complexity index is 1540. The van der Waals surface area contributed by atoms with Gasteiger partial charge in [0.05, 0.1) is 11.1 Å². The van der Waals surface area contributed by atoms with Gasteiger partial charge in [-0.05, 0) is 55.7 Å². The summed E-state index contributed by atoms with van der Waals surface area (Å²) in [6.45, 7) is 5.80. The highest BCUT2D eigenvalue weighted by molar-refractivity contribution is 7.98. The van der Waals surface area contributed by atoms with Crippen LogP contribution in [0.2, 0.25) is 0 Å². The van der Waals surface area contributed by atoms with Crippen molar-refractivity contribution in [1.82, 2.24) is 14.8 Å². The summed E-state index contributed by atoms with van der Waals surface area (Å²) in [5, 5.41) is 21.0. The number of allylic oxidation sites excluding steroid dienone is 1. The number of carbonyl (C=O) groups excluding carboxylic acids is 1. The maximum atomic E-state index is 13.7. The van der Waals surface area contributed by atoms with Gasteiger partial charge < -0.3 is 15.7 Å². The van der Waals surface area contributed by atoms with E-state index in [0.717, 1.165) is 27.9 Å². The molecule has 8 nitrogen and oxygen atoms in total. The number of hydrogen-bond acceptors (Lipinski definition) is 6. The van der Waals surface area contributed by atoms with E-state index in [1.54, 1.807) is 16.8 Å². The molecule has 4 aromatic rings. The van der Waals surface area contributed by atoms with E-state index in [9.17, 15) is 14.7 Å². The van der Waals surface area contributed by atoms with Crippen molar-refractivity contribution in [3.05, 3.63) is 112 Å². The number of nitrogens with one attached hydrogen (secondary N) is 2. The SMILES string of the molecule is CC1=C(C(=O)Nc2ccc(C)cc2C)[C@H](c2ccc(C(=O)O)cc2)n2nc(SCc3ccccc3)nc2N1. The van der Waals surface area contributed by atoms with E-state index in [0.29, 0.717) is 28.1 Å². The lowest BCUT2D eigenvalue weighted by Gasteiger charge is -2.29. The number of fused-ring (bicyclic) bond motifs is 1. The highest BCUT2D eigenvalue weighted by atomic mass is 32.2. The van der Waals surface area contributed by atoms with Gasteiger partial charge in [0.1, 0.15) is 6.04 Å². The molecule has 38 heavy (non-hydrogen) atoms. The van der Waals surface area contributed by atoms with Crippen molar-refractivity contribution < 1.29 is 14.7 Å². The van der Waals surface area contributed by atoms with Gasteiger partial charge in [-0.3, -0.25) is 4.79 Å². The second-order valence-corrected chi connectivity index (χ2v) is 10.1. The Balaban J connectivity index is 1.51. The number of aryl methyl sites for hydroxylation is 2. The standard InChI is InChI=1S/C29H27N5O3S/c1-17-9-14-23(18(2)15-17)31-26(35)24-19(3)30-28-32-29(38-16-20-7-5-4-6-8-20)33-34(28)25(24)21-10-12-22(13-11-21)27(36)37/h4-15,25H,16H2,1-3H3,(H,31,35)(H,36,37)(H,30,32,33)/t25-/m0/s1. The Morgan fingerprint density at radius 3 is 2.45 bits per heavy atom. The molecule has 3 N–H and O–H groups in total. The Kier molecular flexibility index (Phi) is 7.02. The number of rotatable bonds is 7. The smallest absolute Gasteiger partial charge is 0.335 e. The first-order valence-corrected chi connectivity index (χ1v) is 13.1. The molecule has 1 atom stereocenters. The van der Waals surface area contributed by atoms with Gasteiger partial charge in [0, 0.05) is 17.1 Å². The molecule has 0 fully saturated rings. The summed E-state index contributed by atoms with van der Waals surface area (Å²) in [5.41, 5.74) is 5.98. The fourth-order valence-electron chi connectivity index (χ4n) is 4.47. The summed E-state index contributed by atoms with van der Waals surface area (Å²) in [5.74, 6) is -0.0564. The van der Waals surface area contributed by atoms with Crippen molar-refractivity contribution in [2.45, 2.75) is 37.7 Å². The summed E-state index contributed by atoms with van der Waals surface area (Å²) in [6.07, 6.45) is 0. The third-order valence-electron chi connectivity index (χ3n) is 6.39. The topological polar surface area (TPSA) is 109 Å². The van der Waals surface area contributed by atoms with E-state index in [4.69, 9.17) is 5.10 Å². The van der Waals surface area contributed by atoms with Gasteiger partial charge in [-0.25, -0.2) is 9.48 Å². The molecular weight excluding hydrogens is 498 g/mol. The number of benzene rings is 3. The first-order valence-electron chi connectivity index (χ1n) is 12.1. The molecule has 0 radical (unpaired) electrons. The second-order valence-electron chi connectivity index (χ2n) is 9.20. The molecular formula is C29H27N5O3S. The summed E-state index contributed by atoms with van der Waals surface area (Å²) in [7, 11) is 0. The van der Waals surface area contributed by atoms with E-state index in [1.807, 2.05) is 57.2 Å². The number of aromatic carboxylic acids is 1. The van der Waals surface area contributed by atoms with E-state index < -0.39 is 12.0 Å². The van der Waals surface area contributed by atoms with Crippen LogP contribution >= 0.6 is 11.8 Å². The molecule has 5 rings (SSSR count). The number of hydrogen-bond donors (Lipinski definition) is 3. The lowest BCUT2D eigenvalue weighted by molar-refractivity contribution is -0.113. The minimum Gasteiger partial charge on any atom is -0.478 e. The first-order chi connectivity index (χ1) is 18.3. The van der Waals surface area contributed by atoms with Crippen LogP contribution in [0.5, 0.6) is 0 Å². The van der Waals surface area contributed by atoms with Crippen molar-refractivity contribution in [2.75, 3.05) is 10.6 Å². The second kappa shape index (κ2) is 10.5. The fourth-order valence-corrected chi connectivity index (χ4v) is 5.25. The van der Waals surface area contributed by atoms with Gasteiger partial charge in [-0.15, -0.1) is 5.10 Å². The molecule has 1 aromatic heterocycles.